The van der Waals surface area contributed by atoms with E-state index in [1.54, 1.807) is 0 Å². The molecule has 0 amide bonds. The van der Waals surface area contributed by atoms with Crippen LogP contribution in [0.3, 0.4) is 0 Å². The molecule has 0 rings (SSSR count). The second-order valence-corrected chi connectivity index (χ2v) is 3.27. The summed E-state index contributed by atoms with van der Waals surface area (Å²) in [7, 11) is 0. The molecule has 0 bridgehead atoms. The van der Waals surface area contributed by atoms with Gasteiger partial charge in [-0.3, -0.25) is 0 Å². The van der Waals surface area contributed by atoms with Gasteiger partial charge in [-0.25, -0.2) is 0 Å². The van der Waals surface area contributed by atoms with Gasteiger partial charge < -0.3 is 0 Å². The lowest BCUT2D eigenvalue weighted by atomic mass is 10.1. The zero-order chi connectivity index (χ0) is 9.23. The smallest absolute Gasteiger partial charge is 0.0265 e. The Hall–Kier alpha value is -0.520. The fourth-order valence-electron chi connectivity index (χ4n) is 0.942. The summed E-state index contributed by atoms with van der Waals surface area (Å²) in [5.41, 5.74) is 0. The lowest BCUT2D eigenvalue weighted by molar-refractivity contribution is 0.695. The second-order valence-electron chi connectivity index (χ2n) is 3.27. The van der Waals surface area contributed by atoms with Crippen molar-refractivity contribution in [1.29, 1.82) is 0 Å². The molecule has 0 heterocycles. The first-order valence-corrected chi connectivity index (χ1v) is 5.12. The van der Waals surface area contributed by atoms with Crippen molar-refractivity contribution in [2.45, 2.75) is 46.5 Å². The Bertz CT molecular complexity index is 131. The third kappa shape index (κ3) is 7.59. The molecule has 0 aliphatic rings. The summed E-state index contributed by atoms with van der Waals surface area (Å²) in [6.45, 7) is 6.66. The van der Waals surface area contributed by atoms with Crippen molar-refractivity contribution in [2.24, 2.45) is 5.92 Å². The zero-order valence-electron chi connectivity index (χ0n) is 8.72. The van der Waals surface area contributed by atoms with Crippen LogP contribution in [0, 0.1) is 5.92 Å². The van der Waals surface area contributed by atoms with Crippen LogP contribution >= 0.6 is 0 Å². The zero-order valence-corrected chi connectivity index (χ0v) is 8.72. The van der Waals surface area contributed by atoms with Gasteiger partial charge in [0.2, 0.25) is 0 Å². The van der Waals surface area contributed by atoms with Crippen molar-refractivity contribution in [3.8, 4) is 0 Å². The summed E-state index contributed by atoms with van der Waals surface area (Å²) in [5, 5.41) is 0. The van der Waals surface area contributed by atoms with Crippen molar-refractivity contribution in [3.05, 3.63) is 24.3 Å². The first kappa shape index (κ1) is 11.5. The molecule has 0 N–H and O–H groups in total. The maximum Gasteiger partial charge on any atom is -0.0265 e. The molecule has 0 spiro atoms. The number of allylic oxidation sites excluding steroid dienone is 4. The SMILES string of the molecule is CCC=CCCC=CC(C)CC. The molecule has 0 fully saturated rings. The van der Waals surface area contributed by atoms with E-state index in [4.69, 9.17) is 0 Å². The number of hydrogen-bond donors (Lipinski definition) is 0. The van der Waals surface area contributed by atoms with Crippen LogP contribution in [-0.4, -0.2) is 0 Å². The van der Waals surface area contributed by atoms with E-state index in [9.17, 15) is 0 Å². The van der Waals surface area contributed by atoms with Crippen LogP contribution in [0.25, 0.3) is 0 Å². The van der Waals surface area contributed by atoms with Gasteiger partial charge in [0.15, 0.2) is 0 Å². The molecule has 0 aliphatic heterocycles. The highest BCUT2D eigenvalue weighted by atomic mass is 13.9. The van der Waals surface area contributed by atoms with Crippen LogP contribution < -0.4 is 0 Å². The number of unbranched alkanes of at least 4 members (excludes halogenated alkanes) is 1. The Morgan fingerprint density at radius 2 is 1.67 bits per heavy atom. The maximum atomic E-state index is 2.32. The predicted octanol–water partition coefficient (Wildman–Crippen LogP) is 4.34. The normalized spacial score (nSPS) is 14.6. The molecule has 0 aliphatic carbocycles. The van der Waals surface area contributed by atoms with Gasteiger partial charge in [0, 0.05) is 0 Å². The molecule has 0 radical (unpaired) electrons. The third-order valence-corrected chi connectivity index (χ3v) is 2.01. The standard InChI is InChI=1S/C12H22/c1-4-6-7-8-9-10-11-12(3)5-2/h6-7,10-12H,4-5,8-9H2,1-3H3. The summed E-state index contributed by atoms with van der Waals surface area (Å²) in [5.74, 6) is 0.750. The van der Waals surface area contributed by atoms with Crippen molar-refractivity contribution < 1.29 is 0 Å². The molecule has 0 aromatic heterocycles. The molecule has 1 atom stereocenters. The van der Waals surface area contributed by atoms with Gasteiger partial charge in [-0.05, 0) is 25.2 Å². The van der Waals surface area contributed by atoms with E-state index in [0.717, 1.165) is 12.3 Å². The fourth-order valence-corrected chi connectivity index (χ4v) is 0.942. The Labute approximate surface area is 77.4 Å². The van der Waals surface area contributed by atoms with Crippen molar-refractivity contribution >= 4 is 0 Å². The lowest BCUT2D eigenvalue weighted by Crippen LogP contribution is -1.83. The average Bonchev–Trinajstić information content (AvgIpc) is 2.10. The van der Waals surface area contributed by atoms with E-state index in [-0.39, 0.29) is 0 Å². The summed E-state index contributed by atoms with van der Waals surface area (Å²) in [6.07, 6.45) is 13.9. The summed E-state index contributed by atoms with van der Waals surface area (Å²) < 4.78 is 0. The van der Waals surface area contributed by atoms with Crippen LogP contribution in [0.15, 0.2) is 24.3 Å². The second kappa shape index (κ2) is 8.58. The van der Waals surface area contributed by atoms with Gasteiger partial charge in [0.25, 0.3) is 0 Å². The first-order valence-electron chi connectivity index (χ1n) is 5.12. The van der Waals surface area contributed by atoms with E-state index >= 15 is 0 Å². The van der Waals surface area contributed by atoms with Gasteiger partial charge in [-0.1, -0.05) is 51.5 Å². The topological polar surface area (TPSA) is 0 Å². The van der Waals surface area contributed by atoms with Gasteiger partial charge in [0.05, 0.1) is 0 Å². The van der Waals surface area contributed by atoms with E-state index < -0.39 is 0 Å². The van der Waals surface area contributed by atoms with Crippen LogP contribution in [0.4, 0.5) is 0 Å². The minimum atomic E-state index is 0.750. The summed E-state index contributed by atoms with van der Waals surface area (Å²) in [6, 6.07) is 0. The van der Waals surface area contributed by atoms with Crippen LogP contribution in [0.2, 0.25) is 0 Å². The minimum absolute atomic E-state index is 0.750. The molecular weight excluding hydrogens is 144 g/mol. The molecule has 0 aromatic carbocycles. The van der Waals surface area contributed by atoms with Crippen LogP contribution in [-0.2, 0) is 0 Å². The van der Waals surface area contributed by atoms with E-state index in [1.807, 2.05) is 0 Å². The quantitative estimate of drug-likeness (QED) is 0.407. The van der Waals surface area contributed by atoms with Gasteiger partial charge >= 0.3 is 0 Å². The fraction of sp³-hybridized carbons (Fsp3) is 0.667. The monoisotopic (exact) mass is 166 g/mol. The highest BCUT2D eigenvalue weighted by molar-refractivity contribution is 4.89. The molecule has 0 heteroatoms. The van der Waals surface area contributed by atoms with E-state index in [2.05, 4.69) is 45.1 Å². The molecule has 0 aromatic rings. The largest absolute Gasteiger partial charge is 0.0888 e. The first-order chi connectivity index (χ1) is 5.81. The highest BCUT2D eigenvalue weighted by Gasteiger charge is 1.88. The number of hydrogen-bond acceptors (Lipinski definition) is 0. The highest BCUT2D eigenvalue weighted by Crippen LogP contribution is 2.03. The van der Waals surface area contributed by atoms with Crippen molar-refractivity contribution in [3.63, 3.8) is 0 Å². The van der Waals surface area contributed by atoms with Gasteiger partial charge in [0.1, 0.15) is 0 Å². The Morgan fingerprint density at radius 3 is 2.25 bits per heavy atom. The minimum Gasteiger partial charge on any atom is -0.0888 e. The number of rotatable bonds is 6. The van der Waals surface area contributed by atoms with Crippen molar-refractivity contribution in [1.82, 2.24) is 0 Å². The lowest BCUT2D eigenvalue weighted by Gasteiger charge is -1.97. The Balaban J connectivity index is 3.29. The van der Waals surface area contributed by atoms with E-state index in [0.29, 0.717) is 0 Å². The Kier molecular flexibility index (Phi) is 8.20. The van der Waals surface area contributed by atoms with E-state index in [1.165, 1.54) is 19.3 Å². The molecule has 0 nitrogen and oxygen atoms in total. The molecule has 1 unspecified atom stereocenters. The molecule has 0 saturated carbocycles. The maximum absolute atomic E-state index is 2.32. The third-order valence-electron chi connectivity index (χ3n) is 2.01. The van der Waals surface area contributed by atoms with Crippen LogP contribution in [0.1, 0.15) is 46.5 Å². The average molecular weight is 166 g/mol. The van der Waals surface area contributed by atoms with Gasteiger partial charge in [-0.15, -0.1) is 0 Å². The molecular formula is C12H22. The molecule has 0 saturated heterocycles. The van der Waals surface area contributed by atoms with Crippen molar-refractivity contribution in [2.75, 3.05) is 0 Å². The summed E-state index contributed by atoms with van der Waals surface area (Å²) in [4.78, 5) is 0. The predicted molar refractivity (Wildman–Crippen MR) is 57.3 cm³/mol. The van der Waals surface area contributed by atoms with Crippen LogP contribution in [0.5, 0.6) is 0 Å². The Morgan fingerprint density at radius 1 is 1.00 bits per heavy atom. The molecule has 70 valence electrons. The van der Waals surface area contributed by atoms with Gasteiger partial charge in [-0.2, -0.15) is 0 Å². The summed E-state index contributed by atoms with van der Waals surface area (Å²) >= 11 is 0. The molecule has 12 heavy (non-hydrogen) atoms.